The maximum absolute atomic E-state index is 14.0. The summed E-state index contributed by atoms with van der Waals surface area (Å²) in [7, 11) is 0. The third kappa shape index (κ3) is 4.93. The molecule has 0 spiro atoms. The highest BCUT2D eigenvalue weighted by Crippen LogP contribution is 2.39. The monoisotopic (exact) mass is 461 g/mol. The van der Waals surface area contributed by atoms with Crippen LogP contribution in [0.1, 0.15) is 48.2 Å². The first-order chi connectivity index (χ1) is 15.7. The van der Waals surface area contributed by atoms with Crippen LogP contribution in [0.15, 0.2) is 24.4 Å². The average molecular weight is 461 g/mol. The van der Waals surface area contributed by atoms with E-state index in [4.69, 9.17) is 5.73 Å². The van der Waals surface area contributed by atoms with E-state index in [-0.39, 0.29) is 54.1 Å². The molecule has 0 unspecified atom stereocenters. The lowest BCUT2D eigenvalue weighted by Crippen LogP contribution is -2.41. The molecule has 2 aromatic rings. The number of carbonyl (C=O) groups is 1. The molecule has 1 saturated heterocycles. The first-order valence-corrected chi connectivity index (χ1v) is 10.8. The molecule has 2 aliphatic rings. The Bertz CT molecular complexity index is 1090. The Morgan fingerprint density at radius 1 is 1.18 bits per heavy atom. The van der Waals surface area contributed by atoms with Crippen molar-refractivity contribution in [1.29, 1.82) is 5.26 Å². The molecule has 0 radical (unpaired) electrons. The Balaban J connectivity index is 1.79. The van der Waals surface area contributed by atoms with E-state index < -0.39 is 29.5 Å². The quantitative estimate of drug-likeness (QED) is 0.677. The van der Waals surface area contributed by atoms with Crippen LogP contribution in [0.25, 0.3) is 11.1 Å². The molecule has 1 aromatic heterocycles. The van der Waals surface area contributed by atoms with Crippen LogP contribution in [0.3, 0.4) is 0 Å². The zero-order valence-corrected chi connectivity index (χ0v) is 17.8. The number of alkyl halides is 2. The van der Waals surface area contributed by atoms with Crippen LogP contribution < -0.4 is 16.0 Å². The predicted octanol–water partition coefficient (Wildman–Crippen LogP) is 3.74. The maximum atomic E-state index is 14.0. The van der Waals surface area contributed by atoms with E-state index in [1.165, 1.54) is 6.20 Å². The normalized spacial score (nSPS) is 20.5. The van der Waals surface area contributed by atoms with Crippen molar-refractivity contribution in [2.24, 2.45) is 5.73 Å². The maximum Gasteiger partial charge on any atom is 0.255 e. The number of hydrogen-bond donors (Lipinski definition) is 2. The van der Waals surface area contributed by atoms with Crippen LogP contribution >= 0.6 is 0 Å². The lowest BCUT2D eigenvalue weighted by Gasteiger charge is -2.30. The van der Waals surface area contributed by atoms with E-state index in [2.05, 4.69) is 10.3 Å². The number of anilines is 1. The molecule has 6 nitrogen and oxygen atoms in total. The Kier molecular flexibility index (Phi) is 6.26. The molecule has 1 aromatic carbocycles. The molecule has 0 bridgehead atoms. The highest BCUT2D eigenvalue weighted by Gasteiger charge is 2.36. The number of benzene rings is 1. The lowest BCUT2D eigenvalue weighted by atomic mass is 9.92. The molecule has 4 rings (SSSR count). The molecule has 2 fully saturated rings. The molecule has 174 valence electrons. The van der Waals surface area contributed by atoms with E-state index in [1.54, 1.807) is 4.90 Å². The Hall–Kier alpha value is -3.19. The predicted molar refractivity (Wildman–Crippen MR) is 114 cm³/mol. The van der Waals surface area contributed by atoms with Crippen molar-refractivity contribution >= 4 is 11.6 Å². The summed E-state index contributed by atoms with van der Waals surface area (Å²) in [6.07, 6.45) is 1.50. The third-order valence-electron chi connectivity index (χ3n) is 6.15. The van der Waals surface area contributed by atoms with Crippen LogP contribution in [0.5, 0.6) is 0 Å². The number of pyridine rings is 1. The highest BCUT2D eigenvalue weighted by molar-refractivity contribution is 6.04. The van der Waals surface area contributed by atoms with Crippen LogP contribution in [-0.2, 0) is 0 Å². The molecule has 10 heteroatoms. The fraction of sp³-hybridized carbons (Fsp3) is 0.435. The van der Waals surface area contributed by atoms with Crippen LogP contribution in [-0.4, -0.2) is 42.0 Å². The second-order valence-electron chi connectivity index (χ2n) is 8.61. The Labute approximate surface area is 188 Å². The van der Waals surface area contributed by atoms with E-state index in [0.717, 1.165) is 12.1 Å². The number of nitrogens with zero attached hydrogens (tertiary/aromatic N) is 3. The van der Waals surface area contributed by atoms with Gasteiger partial charge in [0.1, 0.15) is 23.4 Å². The number of halogens is 4. The molecular formula is C23H23F4N5O. The minimum atomic E-state index is -2.73. The van der Waals surface area contributed by atoms with Crippen LogP contribution in [0, 0.1) is 23.0 Å². The van der Waals surface area contributed by atoms with Gasteiger partial charge < -0.3 is 16.0 Å². The van der Waals surface area contributed by atoms with Gasteiger partial charge in [-0.05, 0) is 37.0 Å². The Morgan fingerprint density at radius 3 is 2.42 bits per heavy atom. The summed E-state index contributed by atoms with van der Waals surface area (Å²) < 4.78 is 55.1. The number of rotatable bonds is 4. The summed E-state index contributed by atoms with van der Waals surface area (Å²) in [5, 5.41) is 12.4. The summed E-state index contributed by atoms with van der Waals surface area (Å²) in [5.41, 5.74) is 6.57. The van der Waals surface area contributed by atoms with Gasteiger partial charge in [-0.3, -0.25) is 4.79 Å². The molecule has 1 saturated carbocycles. The summed E-state index contributed by atoms with van der Waals surface area (Å²) in [5.74, 6) is -4.95. The topological polar surface area (TPSA) is 95.0 Å². The fourth-order valence-corrected chi connectivity index (χ4v) is 4.49. The second kappa shape index (κ2) is 8.98. The Morgan fingerprint density at radius 2 is 1.85 bits per heavy atom. The fourth-order valence-electron chi connectivity index (χ4n) is 4.49. The zero-order valence-electron chi connectivity index (χ0n) is 17.8. The number of nitrogens with two attached hydrogens (primary N) is 1. The number of nitriles is 1. The first kappa shape index (κ1) is 23.0. The van der Waals surface area contributed by atoms with Crippen LogP contribution in [0.4, 0.5) is 23.2 Å². The van der Waals surface area contributed by atoms with E-state index >= 15 is 0 Å². The number of nitrogens with one attached hydrogen (secondary N) is 1. The lowest BCUT2D eigenvalue weighted by molar-refractivity contribution is -0.0399. The second-order valence-corrected chi connectivity index (χ2v) is 8.61. The number of amides is 1. The van der Waals surface area contributed by atoms with Crippen molar-refractivity contribution in [2.45, 2.75) is 50.1 Å². The number of carbonyl (C=O) groups excluding carboxylic acids is 1. The van der Waals surface area contributed by atoms with Gasteiger partial charge in [0.2, 0.25) is 5.92 Å². The van der Waals surface area contributed by atoms with Gasteiger partial charge in [0, 0.05) is 55.8 Å². The minimum Gasteiger partial charge on any atom is -0.369 e. The van der Waals surface area contributed by atoms with E-state index in [9.17, 15) is 27.6 Å². The smallest absolute Gasteiger partial charge is 0.255 e. The van der Waals surface area contributed by atoms with Gasteiger partial charge in [0.15, 0.2) is 0 Å². The van der Waals surface area contributed by atoms with Crippen molar-refractivity contribution in [2.75, 3.05) is 18.0 Å². The molecule has 1 atom stereocenters. The molecule has 1 aliphatic carbocycles. The third-order valence-corrected chi connectivity index (χ3v) is 6.15. The number of hydrogen-bond acceptors (Lipinski definition) is 5. The molecule has 3 N–H and O–H groups in total. The van der Waals surface area contributed by atoms with Gasteiger partial charge in [-0.25, -0.2) is 22.5 Å². The summed E-state index contributed by atoms with van der Waals surface area (Å²) >= 11 is 0. The van der Waals surface area contributed by atoms with Gasteiger partial charge >= 0.3 is 0 Å². The van der Waals surface area contributed by atoms with Crippen LogP contribution in [0.2, 0.25) is 0 Å². The molecular weight excluding hydrogens is 438 g/mol. The summed E-state index contributed by atoms with van der Waals surface area (Å²) in [4.78, 5) is 19.1. The number of aromatic nitrogens is 1. The van der Waals surface area contributed by atoms with Crippen molar-refractivity contribution in [3.05, 3.63) is 47.3 Å². The molecule has 1 amide bonds. The first-order valence-electron chi connectivity index (χ1n) is 10.8. The summed E-state index contributed by atoms with van der Waals surface area (Å²) in [6, 6.07) is 4.18. The minimum absolute atomic E-state index is 0.0685. The highest BCUT2D eigenvalue weighted by atomic mass is 19.3. The van der Waals surface area contributed by atoms with Crippen molar-refractivity contribution < 1.29 is 22.4 Å². The van der Waals surface area contributed by atoms with Crippen molar-refractivity contribution in [1.82, 2.24) is 10.3 Å². The molecule has 1 aliphatic heterocycles. The largest absolute Gasteiger partial charge is 0.369 e. The van der Waals surface area contributed by atoms with Gasteiger partial charge in [0.05, 0.1) is 11.3 Å². The van der Waals surface area contributed by atoms with E-state index in [0.29, 0.717) is 31.3 Å². The van der Waals surface area contributed by atoms with E-state index in [1.807, 2.05) is 6.07 Å². The zero-order chi connectivity index (χ0) is 23.8. The average Bonchev–Trinajstić information content (AvgIpc) is 3.19. The van der Waals surface area contributed by atoms with Gasteiger partial charge in [-0.15, -0.1) is 0 Å². The standard InChI is InChI=1S/C23H23F4N5O/c24-14-7-13(8-15(25)9-14)20-19(10-28)30-11-18(21(20)32-6-3-16(29)12-32)22(33)31-17-1-4-23(26,27)5-2-17/h7-9,11,16-17H,1-6,12,29H2,(H,31,33)/t16-/m0/s1. The van der Waals surface area contributed by atoms with Crippen molar-refractivity contribution in [3.8, 4) is 17.2 Å². The SMILES string of the molecule is N#Cc1ncc(C(=O)NC2CCC(F)(F)CC2)c(N2CC[C@H](N)C2)c1-c1cc(F)cc(F)c1. The summed E-state index contributed by atoms with van der Waals surface area (Å²) in [6.45, 7) is 0.840. The molecule has 2 heterocycles. The van der Waals surface area contributed by atoms with Gasteiger partial charge in [0.25, 0.3) is 5.91 Å². The van der Waals surface area contributed by atoms with Crippen molar-refractivity contribution in [3.63, 3.8) is 0 Å². The van der Waals surface area contributed by atoms with Gasteiger partial charge in [-0.1, -0.05) is 0 Å². The van der Waals surface area contributed by atoms with Gasteiger partial charge in [-0.2, -0.15) is 5.26 Å². The molecule has 33 heavy (non-hydrogen) atoms.